The van der Waals surface area contributed by atoms with Gasteiger partial charge in [0, 0.05) is 13.1 Å². The second-order valence-corrected chi connectivity index (χ2v) is 8.37. The third-order valence-electron chi connectivity index (χ3n) is 6.13. The fraction of sp³-hybridized carbons (Fsp3) is 0.320. The molecule has 174 valence electrons. The smallest absolute Gasteiger partial charge is 0.257 e. The van der Waals surface area contributed by atoms with Gasteiger partial charge in [-0.2, -0.15) is 0 Å². The SMILES string of the molecule is CC[C@@H](Nc1nc2c(nc1Nc1cccc(C(=O)N3CCCC3)c1O)=NCN=2)c1ccccc1. The number of phenols is 1. The Hall–Kier alpha value is -4.01. The monoisotopic (exact) mass is 457 g/mol. The predicted octanol–water partition coefficient (Wildman–Crippen LogP) is 2.94. The number of nitrogens with one attached hydrogen (secondary N) is 2. The zero-order valence-electron chi connectivity index (χ0n) is 19.0. The zero-order valence-corrected chi connectivity index (χ0v) is 19.0. The minimum absolute atomic E-state index is 0.00381. The lowest BCUT2D eigenvalue weighted by atomic mass is 10.0. The van der Waals surface area contributed by atoms with Gasteiger partial charge in [-0.25, -0.2) is 20.0 Å². The van der Waals surface area contributed by atoms with Crippen LogP contribution in [0, 0.1) is 0 Å². The van der Waals surface area contributed by atoms with Crippen LogP contribution in [-0.4, -0.2) is 45.6 Å². The van der Waals surface area contributed by atoms with Crippen molar-refractivity contribution >= 4 is 23.2 Å². The van der Waals surface area contributed by atoms with Crippen LogP contribution in [0.15, 0.2) is 58.5 Å². The summed E-state index contributed by atoms with van der Waals surface area (Å²) in [5, 5.41) is 17.6. The molecule has 5 rings (SSSR count). The first-order valence-corrected chi connectivity index (χ1v) is 11.6. The van der Waals surface area contributed by atoms with E-state index in [1.807, 2.05) is 18.2 Å². The Morgan fingerprint density at radius 1 is 1.00 bits per heavy atom. The summed E-state index contributed by atoms with van der Waals surface area (Å²) in [5.74, 6) is 0.645. The van der Waals surface area contributed by atoms with Crippen molar-refractivity contribution in [2.45, 2.75) is 32.2 Å². The zero-order chi connectivity index (χ0) is 23.5. The van der Waals surface area contributed by atoms with Crippen molar-refractivity contribution in [3.8, 4) is 5.75 Å². The van der Waals surface area contributed by atoms with E-state index in [-0.39, 0.29) is 23.3 Å². The van der Waals surface area contributed by atoms with E-state index < -0.39 is 0 Å². The molecular weight excluding hydrogens is 430 g/mol. The van der Waals surface area contributed by atoms with Crippen LogP contribution in [0.3, 0.4) is 0 Å². The number of aromatic hydroxyl groups is 1. The molecule has 1 saturated heterocycles. The van der Waals surface area contributed by atoms with E-state index in [1.54, 1.807) is 23.1 Å². The van der Waals surface area contributed by atoms with Crippen LogP contribution in [0.25, 0.3) is 0 Å². The van der Waals surface area contributed by atoms with Crippen molar-refractivity contribution < 1.29 is 9.90 Å². The minimum atomic E-state index is -0.166. The number of carbonyl (C=O) groups excluding carboxylic acids is 1. The molecule has 34 heavy (non-hydrogen) atoms. The Morgan fingerprint density at radius 2 is 1.71 bits per heavy atom. The van der Waals surface area contributed by atoms with Crippen molar-refractivity contribution in [3.63, 3.8) is 0 Å². The summed E-state index contributed by atoms with van der Waals surface area (Å²) in [6.45, 7) is 3.81. The second-order valence-electron chi connectivity index (χ2n) is 8.37. The average Bonchev–Trinajstić information content (AvgIpc) is 3.56. The van der Waals surface area contributed by atoms with E-state index in [9.17, 15) is 9.90 Å². The van der Waals surface area contributed by atoms with Crippen molar-refractivity contribution in [3.05, 3.63) is 70.6 Å². The number of para-hydroxylation sites is 1. The molecule has 1 aromatic heterocycles. The predicted molar refractivity (Wildman–Crippen MR) is 129 cm³/mol. The molecule has 0 radical (unpaired) electrons. The Labute approximate surface area is 197 Å². The number of amides is 1. The average molecular weight is 458 g/mol. The Balaban J connectivity index is 1.49. The van der Waals surface area contributed by atoms with Gasteiger partial charge in [0.05, 0.1) is 17.3 Å². The van der Waals surface area contributed by atoms with Crippen LogP contribution in [0.2, 0.25) is 0 Å². The highest BCUT2D eigenvalue weighted by Crippen LogP contribution is 2.33. The molecular formula is C25H27N7O2. The molecule has 2 aliphatic rings. The van der Waals surface area contributed by atoms with Crippen LogP contribution in [0.4, 0.5) is 17.3 Å². The molecule has 3 N–H and O–H groups in total. The number of nitrogens with zero attached hydrogens (tertiary/aromatic N) is 5. The van der Waals surface area contributed by atoms with Gasteiger partial charge in [-0.3, -0.25) is 4.79 Å². The molecule has 0 aliphatic carbocycles. The van der Waals surface area contributed by atoms with Gasteiger partial charge in [0.25, 0.3) is 5.91 Å². The number of aromatic nitrogens is 2. The van der Waals surface area contributed by atoms with Gasteiger partial charge in [0.15, 0.2) is 28.4 Å². The molecule has 9 heteroatoms. The molecule has 0 bridgehead atoms. The molecule has 2 aliphatic heterocycles. The number of phenolic OH excluding ortho intramolecular Hbond substituents is 1. The van der Waals surface area contributed by atoms with E-state index >= 15 is 0 Å². The van der Waals surface area contributed by atoms with Gasteiger partial charge in [-0.1, -0.05) is 43.3 Å². The Kier molecular flexibility index (Phi) is 6.07. The van der Waals surface area contributed by atoms with Crippen LogP contribution in [-0.2, 0) is 0 Å². The van der Waals surface area contributed by atoms with Gasteiger partial charge in [0.1, 0.15) is 6.67 Å². The first-order valence-electron chi connectivity index (χ1n) is 11.6. The topological polar surface area (TPSA) is 115 Å². The van der Waals surface area contributed by atoms with Crippen LogP contribution < -0.4 is 21.6 Å². The molecule has 0 saturated carbocycles. The first-order chi connectivity index (χ1) is 16.6. The number of fused-ring (bicyclic) bond motifs is 1. The summed E-state index contributed by atoms with van der Waals surface area (Å²) in [6, 6.07) is 15.2. The molecule has 3 aromatic rings. The van der Waals surface area contributed by atoms with Gasteiger partial charge >= 0.3 is 0 Å². The lowest BCUT2D eigenvalue weighted by Crippen LogP contribution is -2.31. The number of anilines is 3. The van der Waals surface area contributed by atoms with Crippen molar-refractivity contribution in [2.24, 2.45) is 9.98 Å². The number of likely N-dealkylation sites (tertiary alicyclic amines) is 1. The number of rotatable bonds is 7. The minimum Gasteiger partial charge on any atom is -0.505 e. The Bertz CT molecular complexity index is 1320. The third-order valence-corrected chi connectivity index (χ3v) is 6.13. The molecule has 2 aromatic carbocycles. The van der Waals surface area contributed by atoms with Crippen LogP contribution in [0.5, 0.6) is 5.75 Å². The summed E-state index contributed by atoms with van der Waals surface area (Å²) >= 11 is 0. The summed E-state index contributed by atoms with van der Waals surface area (Å²) in [7, 11) is 0. The second kappa shape index (κ2) is 9.46. The van der Waals surface area contributed by atoms with Gasteiger partial charge in [-0.05, 0) is 37.0 Å². The van der Waals surface area contributed by atoms with Crippen LogP contribution in [0.1, 0.15) is 48.1 Å². The first kappa shape index (κ1) is 21.8. The van der Waals surface area contributed by atoms with E-state index in [0.717, 1.165) is 24.8 Å². The Morgan fingerprint density at radius 3 is 2.41 bits per heavy atom. The molecule has 9 nitrogen and oxygen atoms in total. The quantitative estimate of drug-likeness (QED) is 0.470. The molecule has 1 atom stereocenters. The van der Waals surface area contributed by atoms with Gasteiger partial charge in [-0.15, -0.1) is 0 Å². The van der Waals surface area contributed by atoms with Crippen molar-refractivity contribution in [2.75, 3.05) is 30.4 Å². The number of hydrogen-bond donors (Lipinski definition) is 3. The molecule has 1 amide bonds. The van der Waals surface area contributed by atoms with E-state index in [2.05, 4.69) is 49.6 Å². The normalized spacial score (nSPS) is 15.3. The lowest BCUT2D eigenvalue weighted by Gasteiger charge is -2.20. The molecule has 0 spiro atoms. The van der Waals surface area contributed by atoms with Crippen LogP contribution >= 0.6 is 0 Å². The van der Waals surface area contributed by atoms with E-state index in [0.29, 0.717) is 48.1 Å². The third kappa shape index (κ3) is 4.28. The fourth-order valence-corrected chi connectivity index (χ4v) is 4.29. The number of carbonyl (C=O) groups is 1. The highest BCUT2D eigenvalue weighted by atomic mass is 16.3. The summed E-state index contributed by atoms with van der Waals surface area (Å²) in [4.78, 5) is 32.5. The maximum atomic E-state index is 12.9. The molecule has 0 unspecified atom stereocenters. The summed E-state index contributed by atoms with van der Waals surface area (Å²) in [5.41, 5.74) is 2.71. The lowest BCUT2D eigenvalue weighted by molar-refractivity contribution is 0.0790. The van der Waals surface area contributed by atoms with E-state index in [1.165, 1.54) is 0 Å². The maximum Gasteiger partial charge on any atom is 0.257 e. The number of hydrogen-bond acceptors (Lipinski definition) is 8. The standard InChI is InChI=1S/C25H27N7O2/c1-2-18(16-9-4-3-5-10-16)28-23-24(31-22-21(30-23)26-15-27-22)29-19-12-8-11-17(20(19)33)25(34)32-13-6-7-14-32/h3-5,8-12,18,33H,2,6-7,13-15H2,1H3,(H,26,28,30)(H,27,29,31)/t18-/m1/s1. The van der Waals surface area contributed by atoms with Crippen molar-refractivity contribution in [1.82, 2.24) is 14.9 Å². The molecule has 1 fully saturated rings. The van der Waals surface area contributed by atoms with E-state index in [4.69, 9.17) is 0 Å². The maximum absolute atomic E-state index is 12.9. The highest BCUT2D eigenvalue weighted by Gasteiger charge is 2.24. The fourth-order valence-electron chi connectivity index (χ4n) is 4.29. The van der Waals surface area contributed by atoms with Crippen molar-refractivity contribution in [1.29, 1.82) is 0 Å². The van der Waals surface area contributed by atoms with Gasteiger partial charge in [0.2, 0.25) is 0 Å². The summed E-state index contributed by atoms with van der Waals surface area (Å²) in [6.07, 6.45) is 2.80. The molecule has 3 heterocycles. The summed E-state index contributed by atoms with van der Waals surface area (Å²) < 4.78 is 0. The highest BCUT2D eigenvalue weighted by molar-refractivity contribution is 5.99. The van der Waals surface area contributed by atoms with Gasteiger partial charge < -0.3 is 20.6 Å². The number of benzene rings is 2. The largest absolute Gasteiger partial charge is 0.505 e.